The first-order valence-electron chi connectivity index (χ1n) is 8.71. The quantitative estimate of drug-likeness (QED) is 0.689. The highest BCUT2D eigenvalue weighted by Gasteiger charge is 2.11. The molecule has 0 bridgehead atoms. The predicted octanol–water partition coefficient (Wildman–Crippen LogP) is 5.23. The van der Waals surface area contributed by atoms with Gasteiger partial charge in [0.05, 0.1) is 0 Å². The van der Waals surface area contributed by atoms with E-state index in [0.29, 0.717) is 11.6 Å². The third-order valence-corrected chi connectivity index (χ3v) is 4.34. The molecule has 0 unspecified atom stereocenters. The third-order valence-electron chi connectivity index (χ3n) is 4.34. The van der Waals surface area contributed by atoms with Gasteiger partial charge in [-0.25, -0.2) is 0 Å². The summed E-state index contributed by atoms with van der Waals surface area (Å²) in [6.45, 7) is 4.29. The molecular weight excluding hydrogens is 322 g/mol. The number of rotatable bonds is 5. The van der Waals surface area contributed by atoms with E-state index in [0.717, 1.165) is 17.1 Å². The van der Waals surface area contributed by atoms with E-state index in [1.807, 2.05) is 72.6 Å². The van der Waals surface area contributed by atoms with Crippen LogP contribution in [0.15, 0.2) is 72.9 Å². The lowest BCUT2D eigenvalue weighted by molar-refractivity contribution is 0.102. The molecule has 0 aliphatic carbocycles. The lowest BCUT2D eigenvalue weighted by Crippen LogP contribution is -2.15. The fourth-order valence-corrected chi connectivity index (χ4v) is 2.70. The molecule has 3 rings (SSSR count). The van der Waals surface area contributed by atoms with E-state index in [1.54, 1.807) is 12.3 Å². The molecule has 0 saturated heterocycles. The van der Waals surface area contributed by atoms with Gasteiger partial charge in [-0.15, -0.1) is 0 Å². The molecule has 0 radical (unpaired) electrons. The monoisotopic (exact) mass is 345 g/mol. The zero-order chi connectivity index (χ0) is 18.5. The maximum Gasteiger partial charge on any atom is 0.274 e. The number of carbonyl (C=O) groups excluding carboxylic acids is 1. The predicted molar refractivity (Wildman–Crippen MR) is 107 cm³/mol. The van der Waals surface area contributed by atoms with Crippen molar-refractivity contribution < 1.29 is 4.79 Å². The number of amides is 1. The minimum absolute atomic E-state index is 0.217. The van der Waals surface area contributed by atoms with Crippen LogP contribution in [-0.4, -0.2) is 17.9 Å². The summed E-state index contributed by atoms with van der Waals surface area (Å²) in [5.41, 5.74) is 4.36. The van der Waals surface area contributed by atoms with E-state index in [2.05, 4.69) is 24.1 Å². The Labute approximate surface area is 154 Å². The average molecular weight is 345 g/mol. The number of carbonyl (C=O) groups is 1. The lowest BCUT2D eigenvalue weighted by Gasteiger charge is -2.19. The van der Waals surface area contributed by atoms with Crippen LogP contribution in [0, 0.1) is 0 Å². The summed E-state index contributed by atoms with van der Waals surface area (Å²) in [6.07, 6.45) is 1.66. The number of hydrogen-bond donors (Lipinski definition) is 1. The van der Waals surface area contributed by atoms with E-state index in [-0.39, 0.29) is 5.91 Å². The first kappa shape index (κ1) is 17.7. The Kier molecular flexibility index (Phi) is 5.32. The molecule has 1 heterocycles. The number of para-hydroxylation sites is 1. The van der Waals surface area contributed by atoms with Gasteiger partial charge in [0, 0.05) is 30.3 Å². The number of pyridine rings is 1. The standard InChI is InChI=1S/C22H23N3O/c1-16(2)17-9-11-18(12-10-17)24-22(26)21-15-20(13-14-23-21)25(3)19-7-5-4-6-8-19/h4-16H,1-3H3,(H,24,26). The van der Waals surface area contributed by atoms with Crippen LogP contribution in [0.4, 0.5) is 17.1 Å². The summed E-state index contributed by atoms with van der Waals surface area (Å²) in [6, 6.07) is 21.6. The van der Waals surface area contributed by atoms with E-state index in [1.165, 1.54) is 5.56 Å². The van der Waals surface area contributed by atoms with Gasteiger partial charge in [-0.2, -0.15) is 0 Å². The Balaban J connectivity index is 1.76. The molecule has 1 amide bonds. The second kappa shape index (κ2) is 7.83. The molecule has 1 aromatic heterocycles. The Morgan fingerprint density at radius 1 is 0.962 bits per heavy atom. The molecule has 0 aliphatic rings. The van der Waals surface area contributed by atoms with Crippen LogP contribution in [0.1, 0.15) is 35.8 Å². The van der Waals surface area contributed by atoms with Crippen molar-refractivity contribution in [2.24, 2.45) is 0 Å². The van der Waals surface area contributed by atoms with Crippen molar-refractivity contribution in [2.45, 2.75) is 19.8 Å². The van der Waals surface area contributed by atoms with Crippen molar-refractivity contribution in [1.29, 1.82) is 0 Å². The summed E-state index contributed by atoms with van der Waals surface area (Å²) in [5, 5.41) is 2.91. The molecular formula is C22H23N3O. The molecule has 0 aliphatic heterocycles. The first-order valence-corrected chi connectivity index (χ1v) is 8.71. The molecule has 0 fully saturated rings. The maximum atomic E-state index is 12.6. The summed E-state index contributed by atoms with van der Waals surface area (Å²) >= 11 is 0. The van der Waals surface area contributed by atoms with Gasteiger partial charge in [-0.05, 0) is 47.9 Å². The molecule has 3 aromatic rings. The number of hydrogen-bond acceptors (Lipinski definition) is 3. The molecule has 0 atom stereocenters. The Bertz CT molecular complexity index is 873. The Hall–Kier alpha value is -3.14. The van der Waals surface area contributed by atoms with Gasteiger partial charge in [0.25, 0.3) is 5.91 Å². The maximum absolute atomic E-state index is 12.6. The van der Waals surface area contributed by atoms with Crippen molar-refractivity contribution in [3.05, 3.63) is 84.2 Å². The van der Waals surface area contributed by atoms with Gasteiger partial charge in [-0.3, -0.25) is 9.78 Å². The number of nitrogens with one attached hydrogen (secondary N) is 1. The number of benzene rings is 2. The average Bonchev–Trinajstić information content (AvgIpc) is 2.68. The van der Waals surface area contributed by atoms with Crippen molar-refractivity contribution >= 4 is 23.0 Å². The van der Waals surface area contributed by atoms with E-state index < -0.39 is 0 Å². The van der Waals surface area contributed by atoms with Gasteiger partial charge in [-0.1, -0.05) is 44.2 Å². The van der Waals surface area contributed by atoms with Crippen LogP contribution >= 0.6 is 0 Å². The molecule has 0 spiro atoms. The number of aromatic nitrogens is 1. The van der Waals surface area contributed by atoms with Crippen molar-refractivity contribution in [1.82, 2.24) is 4.98 Å². The van der Waals surface area contributed by atoms with Crippen LogP contribution in [0.25, 0.3) is 0 Å². The zero-order valence-electron chi connectivity index (χ0n) is 15.3. The largest absolute Gasteiger partial charge is 0.345 e. The highest BCUT2D eigenvalue weighted by Crippen LogP contribution is 2.23. The van der Waals surface area contributed by atoms with E-state index >= 15 is 0 Å². The normalized spacial score (nSPS) is 10.6. The topological polar surface area (TPSA) is 45.2 Å². The van der Waals surface area contributed by atoms with Gasteiger partial charge in [0.2, 0.25) is 0 Å². The minimum Gasteiger partial charge on any atom is -0.345 e. The smallest absolute Gasteiger partial charge is 0.274 e. The van der Waals surface area contributed by atoms with E-state index in [9.17, 15) is 4.79 Å². The summed E-state index contributed by atoms with van der Waals surface area (Å²) in [4.78, 5) is 18.8. The Morgan fingerprint density at radius 3 is 2.31 bits per heavy atom. The van der Waals surface area contributed by atoms with Crippen LogP contribution in [0.2, 0.25) is 0 Å². The van der Waals surface area contributed by atoms with Gasteiger partial charge in [0.15, 0.2) is 0 Å². The number of nitrogens with zero attached hydrogens (tertiary/aromatic N) is 2. The van der Waals surface area contributed by atoms with Crippen molar-refractivity contribution in [3.8, 4) is 0 Å². The summed E-state index contributed by atoms with van der Waals surface area (Å²) < 4.78 is 0. The van der Waals surface area contributed by atoms with E-state index in [4.69, 9.17) is 0 Å². The fourth-order valence-electron chi connectivity index (χ4n) is 2.70. The molecule has 4 heteroatoms. The molecule has 26 heavy (non-hydrogen) atoms. The molecule has 1 N–H and O–H groups in total. The third kappa shape index (κ3) is 4.09. The Morgan fingerprint density at radius 2 is 1.65 bits per heavy atom. The first-order chi connectivity index (χ1) is 12.5. The van der Waals surface area contributed by atoms with Crippen LogP contribution < -0.4 is 10.2 Å². The summed E-state index contributed by atoms with van der Waals surface area (Å²) in [5.74, 6) is 0.247. The second-order valence-corrected chi connectivity index (χ2v) is 6.52. The molecule has 4 nitrogen and oxygen atoms in total. The van der Waals surface area contributed by atoms with Gasteiger partial charge >= 0.3 is 0 Å². The highest BCUT2D eigenvalue weighted by atomic mass is 16.1. The van der Waals surface area contributed by atoms with Crippen LogP contribution in [0.3, 0.4) is 0 Å². The second-order valence-electron chi connectivity index (χ2n) is 6.52. The lowest BCUT2D eigenvalue weighted by atomic mass is 10.0. The molecule has 0 saturated carbocycles. The van der Waals surface area contributed by atoms with Gasteiger partial charge in [0.1, 0.15) is 5.69 Å². The van der Waals surface area contributed by atoms with Crippen LogP contribution in [-0.2, 0) is 0 Å². The molecule has 132 valence electrons. The SMILES string of the molecule is CC(C)c1ccc(NC(=O)c2cc(N(C)c3ccccc3)ccn2)cc1. The van der Waals surface area contributed by atoms with Crippen molar-refractivity contribution in [2.75, 3.05) is 17.3 Å². The van der Waals surface area contributed by atoms with Gasteiger partial charge < -0.3 is 10.2 Å². The van der Waals surface area contributed by atoms with Crippen LogP contribution in [0.5, 0.6) is 0 Å². The zero-order valence-corrected chi connectivity index (χ0v) is 15.3. The summed E-state index contributed by atoms with van der Waals surface area (Å²) in [7, 11) is 1.97. The molecule has 2 aromatic carbocycles. The number of anilines is 3. The highest BCUT2D eigenvalue weighted by molar-refractivity contribution is 6.03. The minimum atomic E-state index is -0.217. The van der Waals surface area contributed by atoms with Crippen molar-refractivity contribution in [3.63, 3.8) is 0 Å². The fraction of sp³-hybridized carbons (Fsp3) is 0.182.